The highest BCUT2D eigenvalue weighted by atomic mass is 79.9. The highest BCUT2D eigenvalue weighted by molar-refractivity contribution is 9.10. The van der Waals surface area contributed by atoms with Crippen molar-refractivity contribution in [1.82, 2.24) is 0 Å². The summed E-state index contributed by atoms with van der Waals surface area (Å²) >= 11 is 3.44. The summed E-state index contributed by atoms with van der Waals surface area (Å²) in [5, 5.41) is 3.03. The molecule has 116 valence electrons. The Morgan fingerprint density at radius 3 is 2.73 bits per heavy atom. The zero-order chi connectivity index (χ0) is 15.9. The van der Waals surface area contributed by atoms with Gasteiger partial charge in [0.25, 0.3) is 0 Å². The minimum atomic E-state index is 0.329. The van der Waals surface area contributed by atoms with Crippen molar-refractivity contribution in [3.63, 3.8) is 0 Å². The highest BCUT2D eigenvalue weighted by Crippen LogP contribution is 2.23. The van der Waals surface area contributed by atoms with E-state index >= 15 is 0 Å². The van der Waals surface area contributed by atoms with Gasteiger partial charge in [-0.1, -0.05) is 22.0 Å². The molecule has 2 aromatic rings. The number of aliphatic imine (C=N–C) groups is 1. The van der Waals surface area contributed by atoms with Crippen molar-refractivity contribution < 1.29 is 9.47 Å². The van der Waals surface area contributed by atoms with Crippen LogP contribution in [0.2, 0.25) is 0 Å². The average Bonchev–Trinajstić information content (AvgIpc) is 2.53. The topological polar surface area (TPSA) is 68.9 Å². The van der Waals surface area contributed by atoms with Crippen LogP contribution in [0.1, 0.15) is 5.56 Å². The Morgan fingerprint density at radius 2 is 2.00 bits per heavy atom. The predicted octanol–water partition coefficient (Wildman–Crippen LogP) is 3.39. The molecular weight excluding hydrogens is 346 g/mol. The van der Waals surface area contributed by atoms with Crippen LogP contribution in [0, 0.1) is 0 Å². The minimum Gasteiger partial charge on any atom is -0.497 e. The van der Waals surface area contributed by atoms with E-state index in [0.29, 0.717) is 12.5 Å². The van der Waals surface area contributed by atoms with Gasteiger partial charge in [-0.25, -0.2) is 4.99 Å². The zero-order valence-corrected chi connectivity index (χ0v) is 14.1. The van der Waals surface area contributed by atoms with Gasteiger partial charge in [-0.2, -0.15) is 0 Å². The van der Waals surface area contributed by atoms with Crippen LogP contribution in [-0.4, -0.2) is 20.2 Å². The summed E-state index contributed by atoms with van der Waals surface area (Å²) in [4.78, 5) is 4.34. The average molecular weight is 364 g/mol. The van der Waals surface area contributed by atoms with E-state index in [1.165, 1.54) is 0 Å². The van der Waals surface area contributed by atoms with Crippen molar-refractivity contribution in [2.24, 2.45) is 10.7 Å². The van der Waals surface area contributed by atoms with E-state index < -0.39 is 0 Å². The van der Waals surface area contributed by atoms with Crippen molar-refractivity contribution in [2.45, 2.75) is 6.54 Å². The third-order valence-corrected chi connectivity index (χ3v) is 3.50. The Labute approximate surface area is 138 Å². The molecule has 0 aliphatic carbocycles. The number of methoxy groups -OCH3 is 2. The fourth-order valence-electron chi connectivity index (χ4n) is 1.93. The SMILES string of the molecule is COc1cccc(NC(N)=NCc2cc(Br)ccc2OC)c1. The first-order chi connectivity index (χ1) is 10.6. The van der Waals surface area contributed by atoms with Gasteiger partial charge in [0.2, 0.25) is 0 Å². The van der Waals surface area contributed by atoms with Gasteiger partial charge < -0.3 is 20.5 Å². The van der Waals surface area contributed by atoms with Crippen molar-refractivity contribution in [3.8, 4) is 11.5 Å². The molecule has 0 saturated carbocycles. The van der Waals surface area contributed by atoms with Crippen LogP contribution in [0.15, 0.2) is 51.9 Å². The molecule has 0 radical (unpaired) electrons. The fourth-order valence-corrected chi connectivity index (χ4v) is 2.34. The summed E-state index contributed by atoms with van der Waals surface area (Å²) < 4.78 is 11.5. The van der Waals surface area contributed by atoms with Gasteiger partial charge in [-0.3, -0.25) is 0 Å². The number of hydrogen-bond donors (Lipinski definition) is 2. The van der Waals surface area contributed by atoms with Crippen molar-refractivity contribution in [2.75, 3.05) is 19.5 Å². The molecule has 0 aliphatic rings. The molecule has 0 bridgehead atoms. The van der Waals surface area contributed by atoms with Crippen LogP contribution in [0.5, 0.6) is 11.5 Å². The van der Waals surface area contributed by atoms with E-state index in [0.717, 1.165) is 27.2 Å². The summed E-state index contributed by atoms with van der Waals surface area (Å²) in [5.74, 6) is 1.86. The maximum absolute atomic E-state index is 5.92. The van der Waals surface area contributed by atoms with Gasteiger partial charge in [0.15, 0.2) is 5.96 Å². The van der Waals surface area contributed by atoms with Crippen LogP contribution in [0.4, 0.5) is 5.69 Å². The predicted molar refractivity (Wildman–Crippen MR) is 92.6 cm³/mol. The quantitative estimate of drug-likeness (QED) is 0.630. The number of guanidine groups is 1. The molecule has 0 spiro atoms. The van der Waals surface area contributed by atoms with Gasteiger partial charge in [0, 0.05) is 21.8 Å². The highest BCUT2D eigenvalue weighted by Gasteiger charge is 2.04. The van der Waals surface area contributed by atoms with Gasteiger partial charge in [-0.15, -0.1) is 0 Å². The molecule has 6 heteroatoms. The molecule has 0 aromatic heterocycles. The van der Waals surface area contributed by atoms with Crippen LogP contribution in [0.3, 0.4) is 0 Å². The molecule has 2 aromatic carbocycles. The van der Waals surface area contributed by atoms with Gasteiger partial charge in [0.05, 0.1) is 20.8 Å². The van der Waals surface area contributed by atoms with Gasteiger partial charge >= 0.3 is 0 Å². The Hall–Kier alpha value is -2.21. The van der Waals surface area contributed by atoms with E-state index in [2.05, 4.69) is 26.2 Å². The summed E-state index contributed by atoms with van der Waals surface area (Å²) in [5.41, 5.74) is 7.69. The van der Waals surface area contributed by atoms with E-state index in [-0.39, 0.29) is 0 Å². The summed E-state index contributed by atoms with van der Waals surface area (Å²) in [6.07, 6.45) is 0. The number of hydrogen-bond acceptors (Lipinski definition) is 3. The smallest absolute Gasteiger partial charge is 0.193 e. The number of halogens is 1. The third kappa shape index (κ3) is 4.39. The second-order valence-electron chi connectivity index (χ2n) is 4.51. The molecule has 0 saturated heterocycles. The molecule has 0 fully saturated rings. The van der Waals surface area contributed by atoms with Crippen LogP contribution >= 0.6 is 15.9 Å². The van der Waals surface area contributed by atoms with Crippen molar-refractivity contribution in [3.05, 3.63) is 52.5 Å². The second-order valence-corrected chi connectivity index (χ2v) is 5.43. The molecule has 2 rings (SSSR count). The first kappa shape index (κ1) is 16.2. The number of anilines is 1. The monoisotopic (exact) mass is 363 g/mol. The summed E-state index contributed by atoms with van der Waals surface area (Å²) in [6.45, 7) is 0.422. The van der Waals surface area contributed by atoms with Gasteiger partial charge in [-0.05, 0) is 30.3 Å². The first-order valence-corrected chi connectivity index (χ1v) is 7.45. The summed E-state index contributed by atoms with van der Waals surface area (Å²) in [6, 6.07) is 13.3. The molecule has 0 heterocycles. The zero-order valence-electron chi connectivity index (χ0n) is 12.5. The van der Waals surface area contributed by atoms with Crippen LogP contribution in [-0.2, 0) is 6.54 Å². The van der Waals surface area contributed by atoms with Crippen LogP contribution in [0.25, 0.3) is 0 Å². The third-order valence-electron chi connectivity index (χ3n) is 3.00. The fraction of sp³-hybridized carbons (Fsp3) is 0.188. The molecular formula is C16H18BrN3O2. The number of nitrogens with two attached hydrogens (primary N) is 1. The van der Waals surface area contributed by atoms with Crippen LogP contribution < -0.4 is 20.5 Å². The lowest BCUT2D eigenvalue weighted by atomic mass is 10.2. The molecule has 3 N–H and O–H groups in total. The molecule has 0 atom stereocenters. The van der Waals surface area contributed by atoms with E-state index in [1.807, 2.05) is 42.5 Å². The number of rotatable bonds is 5. The second kappa shape index (κ2) is 7.70. The number of nitrogens with one attached hydrogen (secondary N) is 1. The van der Waals surface area contributed by atoms with E-state index in [4.69, 9.17) is 15.2 Å². The standard InChI is InChI=1S/C16H18BrN3O2/c1-21-14-5-3-4-13(9-14)20-16(18)19-10-11-8-12(17)6-7-15(11)22-2/h3-9H,10H2,1-2H3,(H3,18,19,20). The molecule has 5 nitrogen and oxygen atoms in total. The Kier molecular flexibility index (Phi) is 5.66. The summed E-state index contributed by atoms with van der Waals surface area (Å²) in [7, 11) is 3.25. The first-order valence-electron chi connectivity index (χ1n) is 6.66. The molecule has 0 aliphatic heterocycles. The maximum atomic E-state index is 5.92. The largest absolute Gasteiger partial charge is 0.497 e. The Balaban J connectivity index is 2.08. The van der Waals surface area contributed by atoms with Crippen molar-refractivity contribution in [1.29, 1.82) is 0 Å². The lowest BCUT2D eigenvalue weighted by Gasteiger charge is -2.09. The molecule has 0 unspecified atom stereocenters. The number of ether oxygens (including phenoxy) is 2. The maximum Gasteiger partial charge on any atom is 0.193 e. The van der Waals surface area contributed by atoms with Crippen molar-refractivity contribution >= 4 is 27.6 Å². The molecule has 0 amide bonds. The Morgan fingerprint density at radius 1 is 1.18 bits per heavy atom. The minimum absolute atomic E-state index is 0.329. The molecule has 22 heavy (non-hydrogen) atoms. The van der Waals surface area contributed by atoms with Gasteiger partial charge in [0.1, 0.15) is 11.5 Å². The normalized spacial score (nSPS) is 11.1. The Bertz CT molecular complexity index is 674. The van der Waals surface area contributed by atoms with E-state index in [1.54, 1.807) is 14.2 Å². The number of nitrogens with zero attached hydrogens (tertiary/aromatic N) is 1. The lowest BCUT2D eigenvalue weighted by molar-refractivity contribution is 0.410. The van der Waals surface area contributed by atoms with E-state index in [9.17, 15) is 0 Å². The number of benzene rings is 2. The lowest BCUT2D eigenvalue weighted by Crippen LogP contribution is -2.22.